The van der Waals surface area contributed by atoms with Crippen molar-refractivity contribution in [1.82, 2.24) is 0 Å². The van der Waals surface area contributed by atoms with Crippen LogP contribution in [0.25, 0.3) is 0 Å². The van der Waals surface area contributed by atoms with E-state index >= 15 is 0 Å². The largest absolute Gasteiger partial charge is 0.462 e. The fraction of sp³-hybridized carbons (Fsp3) is 0.318. The van der Waals surface area contributed by atoms with Crippen LogP contribution in [-0.4, -0.2) is 61.4 Å². The molecule has 174 valence electrons. The van der Waals surface area contributed by atoms with Gasteiger partial charge in [0.25, 0.3) is 0 Å². The number of sulfone groups is 1. The Balaban J connectivity index is 1.56. The molecule has 2 aromatic rings. The molecule has 2 aromatic carbocycles. The zero-order valence-corrected chi connectivity index (χ0v) is 19.4. The van der Waals surface area contributed by atoms with Gasteiger partial charge in [-0.05, 0) is 43.3 Å². The summed E-state index contributed by atoms with van der Waals surface area (Å²) in [4.78, 5) is 31.3. The molecular weight excluding hydrogens is 469 g/mol. The van der Waals surface area contributed by atoms with Gasteiger partial charge in [-0.3, -0.25) is 9.79 Å². The maximum Gasteiger partial charge on any atom is 0.340 e. The minimum absolute atomic E-state index is 0.0233. The normalized spacial score (nSPS) is 20.6. The Bertz CT molecular complexity index is 1200. The molecule has 2 aliphatic heterocycles. The van der Waals surface area contributed by atoms with Crippen LogP contribution in [0.1, 0.15) is 17.3 Å². The van der Waals surface area contributed by atoms with Crippen LogP contribution in [0.15, 0.2) is 53.5 Å². The first-order valence-electron chi connectivity index (χ1n) is 10.3. The number of rotatable bonds is 6. The predicted molar refractivity (Wildman–Crippen MR) is 126 cm³/mol. The second kappa shape index (κ2) is 9.52. The number of fused-ring (bicyclic) bond motifs is 1. The number of amides is 1. The highest BCUT2D eigenvalue weighted by Gasteiger charge is 2.44. The number of anilines is 2. The zero-order valence-electron chi connectivity index (χ0n) is 17.7. The van der Waals surface area contributed by atoms with Gasteiger partial charge < -0.3 is 15.0 Å². The summed E-state index contributed by atoms with van der Waals surface area (Å²) in [5.74, 6) is -1.39. The second-order valence-electron chi connectivity index (χ2n) is 7.59. The number of nitrogens with one attached hydrogen (secondary N) is 1. The molecule has 0 spiro atoms. The SMILES string of the molecule is CCOC(=O)c1ccccc1NC(=O)CN(C1=N[C@@H]2CS(=O)(=O)C[C@H]2S1)c1ccc(F)cc1. The summed E-state index contributed by atoms with van der Waals surface area (Å²) >= 11 is 1.30. The topological polar surface area (TPSA) is 105 Å². The van der Waals surface area contributed by atoms with Crippen LogP contribution in [-0.2, 0) is 19.4 Å². The molecule has 2 atom stereocenters. The van der Waals surface area contributed by atoms with E-state index in [4.69, 9.17) is 4.74 Å². The average molecular weight is 492 g/mol. The lowest BCUT2D eigenvalue weighted by Crippen LogP contribution is -2.37. The van der Waals surface area contributed by atoms with E-state index in [2.05, 4.69) is 10.3 Å². The van der Waals surface area contributed by atoms with Crippen molar-refractivity contribution in [3.8, 4) is 0 Å². The number of hydrogen-bond donors (Lipinski definition) is 1. The van der Waals surface area contributed by atoms with Crippen molar-refractivity contribution in [1.29, 1.82) is 0 Å². The number of nitrogens with zero attached hydrogens (tertiary/aromatic N) is 2. The maximum atomic E-state index is 13.5. The van der Waals surface area contributed by atoms with Gasteiger partial charge in [-0.25, -0.2) is 17.6 Å². The Hall–Kier alpha value is -2.92. The van der Waals surface area contributed by atoms with Crippen molar-refractivity contribution >= 4 is 50.0 Å². The Kier molecular flexibility index (Phi) is 6.71. The van der Waals surface area contributed by atoms with Gasteiger partial charge in [-0.15, -0.1) is 0 Å². The van der Waals surface area contributed by atoms with Gasteiger partial charge in [0.2, 0.25) is 5.91 Å². The number of esters is 1. The molecule has 0 unspecified atom stereocenters. The molecule has 2 aliphatic rings. The van der Waals surface area contributed by atoms with E-state index in [0.29, 0.717) is 16.5 Å². The number of hydrogen-bond acceptors (Lipinski definition) is 8. The lowest BCUT2D eigenvalue weighted by molar-refractivity contribution is -0.114. The fourth-order valence-electron chi connectivity index (χ4n) is 3.67. The number of aliphatic imine (C=N–C) groups is 1. The third kappa shape index (κ3) is 5.36. The van der Waals surface area contributed by atoms with Gasteiger partial charge in [-0.1, -0.05) is 23.9 Å². The minimum Gasteiger partial charge on any atom is -0.462 e. The predicted octanol–water partition coefficient (Wildman–Crippen LogP) is 2.72. The average Bonchev–Trinajstić information content (AvgIpc) is 3.26. The fourth-order valence-corrected chi connectivity index (χ4v) is 7.45. The number of amidine groups is 1. The van der Waals surface area contributed by atoms with Crippen LogP contribution in [0.5, 0.6) is 0 Å². The number of carbonyl (C=O) groups excluding carboxylic acids is 2. The highest BCUT2D eigenvalue weighted by molar-refractivity contribution is 8.15. The molecule has 1 fully saturated rings. The molecule has 0 saturated carbocycles. The van der Waals surface area contributed by atoms with E-state index in [1.807, 2.05) is 0 Å². The van der Waals surface area contributed by atoms with Gasteiger partial charge in [0.05, 0.1) is 35.4 Å². The first-order valence-corrected chi connectivity index (χ1v) is 13.0. The van der Waals surface area contributed by atoms with Gasteiger partial charge >= 0.3 is 5.97 Å². The van der Waals surface area contributed by atoms with Crippen LogP contribution < -0.4 is 10.2 Å². The molecule has 0 aromatic heterocycles. The standard InChI is InChI=1S/C22H22FN3O5S2/c1-2-31-21(28)16-5-3-4-6-17(16)24-20(27)11-26(15-9-7-14(23)8-10-15)22-25-18-12-33(29,30)13-19(18)32-22/h3-10,18-19H,2,11-13H2,1H3,(H,24,27)/t18-,19-/m1/s1. The van der Waals surface area contributed by atoms with E-state index in [0.717, 1.165) is 0 Å². The number of thioether (sulfide) groups is 1. The molecule has 4 rings (SSSR count). The van der Waals surface area contributed by atoms with Gasteiger partial charge in [0.15, 0.2) is 15.0 Å². The Morgan fingerprint density at radius 3 is 2.61 bits per heavy atom. The van der Waals surface area contributed by atoms with Crippen molar-refractivity contribution in [3.63, 3.8) is 0 Å². The van der Waals surface area contributed by atoms with Crippen molar-refractivity contribution in [2.24, 2.45) is 4.99 Å². The molecule has 1 amide bonds. The molecule has 1 saturated heterocycles. The van der Waals surface area contributed by atoms with Crippen molar-refractivity contribution in [3.05, 3.63) is 59.9 Å². The Morgan fingerprint density at radius 2 is 1.91 bits per heavy atom. The van der Waals surface area contributed by atoms with Gasteiger partial charge in [-0.2, -0.15) is 0 Å². The quantitative estimate of drug-likeness (QED) is 0.620. The zero-order chi connectivity index (χ0) is 23.6. The lowest BCUT2D eigenvalue weighted by Gasteiger charge is -2.24. The molecule has 2 heterocycles. The van der Waals surface area contributed by atoms with E-state index in [-0.39, 0.29) is 41.5 Å². The molecule has 0 radical (unpaired) electrons. The first-order chi connectivity index (χ1) is 15.8. The van der Waals surface area contributed by atoms with Crippen LogP contribution in [0, 0.1) is 5.82 Å². The number of benzene rings is 2. The number of carbonyl (C=O) groups is 2. The summed E-state index contributed by atoms with van der Waals surface area (Å²) in [7, 11) is -3.13. The Morgan fingerprint density at radius 1 is 1.18 bits per heavy atom. The highest BCUT2D eigenvalue weighted by Crippen LogP contribution is 2.36. The monoisotopic (exact) mass is 491 g/mol. The minimum atomic E-state index is -3.13. The molecule has 0 bridgehead atoms. The molecule has 0 aliphatic carbocycles. The second-order valence-corrected chi connectivity index (χ2v) is 10.9. The molecule has 33 heavy (non-hydrogen) atoms. The molecule has 11 heteroatoms. The van der Waals surface area contributed by atoms with E-state index in [9.17, 15) is 22.4 Å². The maximum absolute atomic E-state index is 13.5. The molecule has 8 nitrogen and oxygen atoms in total. The number of halogens is 1. The summed E-state index contributed by atoms with van der Waals surface area (Å²) in [6.07, 6.45) is 0. The summed E-state index contributed by atoms with van der Waals surface area (Å²) in [6.45, 7) is 1.73. The van der Waals surface area contributed by atoms with Crippen LogP contribution in [0.2, 0.25) is 0 Å². The third-order valence-corrected chi connectivity index (χ3v) is 8.42. The summed E-state index contributed by atoms with van der Waals surface area (Å²) < 4.78 is 42.3. The smallest absolute Gasteiger partial charge is 0.340 e. The van der Waals surface area contributed by atoms with E-state index in [1.165, 1.54) is 36.0 Å². The van der Waals surface area contributed by atoms with Crippen molar-refractivity contribution in [2.45, 2.75) is 18.2 Å². The van der Waals surface area contributed by atoms with Crippen molar-refractivity contribution < 1.29 is 27.1 Å². The van der Waals surface area contributed by atoms with E-state index in [1.54, 1.807) is 36.1 Å². The highest BCUT2D eigenvalue weighted by atomic mass is 32.2. The Labute approximate surface area is 195 Å². The molecule has 1 N–H and O–H groups in total. The van der Waals surface area contributed by atoms with Crippen molar-refractivity contribution in [2.75, 3.05) is 34.9 Å². The van der Waals surface area contributed by atoms with Crippen LogP contribution in [0.4, 0.5) is 15.8 Å². The number of ether oxygens (including phenoxy) is 1. The van der Waals surface area contributed by atoms with Crippen LogP contribution >= 0.6 is 11.8 Å². The van der Waals surface area contributed by atoms with Gasteiger partial charge in [0, 0.05) is 10.9 Å². The first kappa shape index (κ1) is 23.2. The third-order valence-electron chi connectivity index (χ3n) is 5.17. The van der Waals surface area contributed by atoms with Gasteiger partial charge in [0.1, 0.15) is 12.4 Å². The number of para-hydroxylation sites is 1. The summed E-state index contributed by atoms with van der Waals surface area (Å²) in [5, 5.41) is 3.03. The van der Waals surface area contributed by atoms with Crippen LogP contribution in [0.3, 0.4) is 0 Å². The lowest BCUT2D eigenvalue weighted by atomic mass is 10.2. The summed E-state index contributed by atoms with van der Waals surface area (Å²) in [6, 6.07) is 11.8. The molecular formula is C22H22FN3O5S2. The summed E-state index contributed by atoms with van der Waals surface area (Å²) in [5.41, 5.74) is 1.08. The van der Waals surface area contributed by atoms with E-state index < -0.39 is 27.5 Å².